The lowest BCUT2D eigenvalue weighted by Crippen LogP contribution is -2.69. The number of amides is 6. The van der Waals surface area contributed by atoms with Crippen LogP contribution < -0.4 is 21.3 Å². The van der Waals surface area contributed by atoms with Crippen LogP contribution in [0.3, 0.4) is 0 Å². The molecule has 2 heterocycles. The van der Waals surface area contributed by atoms with Gasteiger partial charge in [0.25, 0.3) is 0 Å². The second kappa shape index (κ2) is 7.62. The first-order valence-corrected chi connectivity index (χ1v) is 8.07. The Bertz CT molecular complexity index is 822. The molecule has 0 saturated carbocycles. The topological polar surface area (TPSA) is 168 Å². The third-order valence-corrected chi connectivity index (χ3v) is 4.13. The van der Waals surface area contributed by atoms with Crippen molar-refractivity contribution in [2.45, 2.75) is 18.2 Å². The van der Waals surface area contributed by atoms with Crippen molar-refractivity contribution in [3.8, 4) is 0 Å². The predicted octanol–water partition coefficient (Wildman–Crippen LogP) is -0.286. The van der Waals surface area contributed by atoms with Gasteiger partial charge in [0.15, 0.2) is 0 Å². The number of carbonyl (C=O) groups excluding carboxylic acids is 4. The molecule has 1 aromatic rings. The summed E-state index contributed by atoms with van der Waals surface area (Å²) in [7, 11) is 0. The summed E-state index contributed by atoms with van der Waals surface area (Å²) in [6.07, 6.45) is -0.900. The van der Waals surface area contributed by atoms with Crippen LogP contribution in [0.1, 0.15) is 11.6 Å². The Hall–Kier alpha value is -3.79. The summed E-state index contributed by atoms with van der Waals surface area (Å²) in [6.45, 7) is 0.502. The average molecular weight is 372 g/mol. The third-order valence-electron chi connectivity index (χ3n) is 4.13. The molecule has 4 N–H and O–H groups in total. The molecule has 1 unspecified atom stereocenters. The number of azide groups is 1. The van der Waals surface area contributed by atoms with Gasteiger partial charge >= 0.3 is 12.1 Å². The van der Waals surface area contributed by atoms with E-state index >= 15 is 0 Å². The van der Waals surface area contributed by atoms with E-state index in [9.17, 15) is 19.2 Å². The molecule has 12 nitrogen and oxygen atoms in total. The highest BCUT2D eigenvalue weighted by atomic mass is 16.2. The summed E-state index contributed by atoms with van der Waals surface area (Å²) < 4.78 is 0. The number of benzene rings is 1. The van der Waals surface area contributed by atoms with Gasteiger partial charge in [-0.15, -0.1) is 0 Å². The van der Waals surface area contributed by atoms with E-state index < -0.39 is 42.1 Å². The largest absolute Gasteiger partial charge is 0.343 e. The number of nitrogens with zero attached hydrogens (tertiary/aromatic N) is 4. The standard InChI is InChI=1S/C15H16N8O4/c16-22-21-11-10(13(25)20-11)18-12(24)9(8-4-2-1-3-5-8)19-15(27)23-7-6-17-14(23)26/h1-5,9-11H,6-7H2,(H,17,26)(H,18,24)(H,19,27)(H,20,25)/t9?,10-,11+/m0/s1. The van der Waals surface area contributed by atoms with Gasteiger partial charge in [0.05, 0.1) is 0 Å². The van der Waals surface area contributed by atoms with Gasteiger partial charge in [0.2, 0.25) is 11.8 Å². The highest BCUT2D eigenvalue weighted by Crippen LogP contribution is 2.16. The molecule has 1 aromatic carbocycles. The van der Waals surface area contributed by atoms with E-state index in [4.69, 9.17) is 5.53 Å². The molecule has 2 aliphatic heterocycles. The van der Waals surface area contributed by atoms with Crippen LogP contribution >= 0.6 is 0 Å². The van der Waals surface area contributed by atoms with Crippen LogP contribution in [0.4, 0.5) is 9.59 Å². The maximum Gasteiger partial charge on any atom is 0.326 e. The molecule has 0 radical (unpaired) electrons. The fourth-order valence-electron chi connectivity index (χ4n) is 2.71. The molecule has 2 aliphatic rings. The Kier molecular flexibility index (Phi) is 5.08. The van der Waals surface area contributed by atoms with Crippen LogP contribution in [-0.4, -0.2) is 54.1 Å². The summed E-state index contributed by atoms with van der Waals surface area (Å²) in [5.74, 6) is -1.18. The Balaban J connectivity index is 1.76. The zero-order valence-corrected chi connectivity index (χ0v) is 14.0. The van der Waals surface area contributed by atoms with Gasteiger partial charge in [0.1, 0.15) is 18.2 Å². The molecule has 0 aliphatic carbocycles. The van der Waals surface area contributed by atoms with Crippen molar-refractivity contribution in [3.63, 3.8) is 0 Å². The van der Waals surface area contributed by atoms with E-state index in [-0.39, 0.29) is 6.54 Å². The lowest BCUT2D eigenvalue weighted by atomic mass is 10.0. The highest BCUT2D eigenvalue weighted by molar-refractivity contribution is 5.99. The van der Waals surface area contributed by atoms with Crippen molar-refractivity contribution in [1.29, 1.82) is 0 Å². The normalized spacial score (nSPS) is 21.9. The van der Waals surface area contributed by atoms with Crippen molar-refractivity contribution >= 4 is 23.9 Å². The fourth-order valence-corrected chi connectivity index (χ4v) is 2.71. The number of β-lactam (4-membered cyclic amide) rings is 1. The molecule has 2 saturated heterocycles. The van der Waals surface area contributed by atoms with Gasteiger partial charge < -0.3 is 21.3 Å². The van der Waals surface area contributed by atoms with Crippen LogP contribution in [-0.2, 0) is 9.59 Å². The zero-order valence-electron chi connectivity index (χ0n) is 14.0. The minimum Gasteiger partial charge on any atom is -0.343 e. The summed E-state index contributed by atoms with van der Waals surface area (Å²) >= 11 is 0. The molecule has 2 fully saturated rings. The fraction of sp³-hybridized carbons (Fsp3) is 0.333. The second-order valence-electron chi connectivity index (χ2n) is 5.82. The molecule has 0 bridgehead atoms. The number of imide groups is 1. The van der Waals surface area contributed by atoms with Gasteiger partial charge in [-0.3, -0.25) is 9.59 Å². The van der Waals surface area contributed by atoms with Crippen molar-refractivity contribution in [2.24, 2.45) is 5.11 Å². The van der Waals surface area contributed by atoms with Gasteiger partial charge in [0, 0.05) is 18.0 Å². The number of rotatable bonds is 5. The Morgan fingerprint density at radius 2 is 2.04 bits per heavy atom. The van der Waals surface area contributed by atoms with Gasteiger partial charge in [-0.1, -0.05) is 35.4 Å². The van der Waals surface area contributed by atoms with Gasteiger partial charge in [-0.2, -0.15) is 0 Å². The molecule has 0 spiro atoms. The molecular weight excluding hydrogens is 356 g/mol. The van der Waals surface area contributed by atoms with Crippen LogP contribution in [0, 0.1) is 0 Å². The van der Waals surface area contributed by atoms with E-state index in [2.05, 4.69) is 31.3 Å². The first-order chi connectivity index (χ1) is 13.0. The van der Waals surface area contributed by atoms with Crippen LogP contribution in [0.5, 0.6) is 0 Å². The first kappa shape index (κ1) is 18.0. The van der Waals surface area contributed by atoms with E-state index in [1.807, 2.05) is 0 Å². The Morgan fingerprint density at radius 3 is 2.63 bits per heavy atom. The minimum absolute atomic E-state index is 0.178. The Morgan fingerprint density at radius 1 is 1.30 bits per heavy atom. The maximum absolute atomic E-state index is 12.7. The van der Waals surface area contributed by atoms with E-state index in [1.165, 1.54) is 0 Å². The lowest BCUT2D eigenvalue weighted by Gasteiger charge is -2.34. The second-order valence-corrected chi connectivity index (χ2v) is 5.82. The van der Waals surface area contributed by atoms with Crippen LogP contribution in [0.25, 0.3) is 10.4 Å². The molecule has 3 rings (SSSR count). The number of hydrogen-bond acceptors (Lipinski definition) is 5. The molecule has 3 atom stereocenters. The van der Waals surface area contributed by atoms with Gasteiger partial charge in [-0.25, -0.2) is 14.5 Å². The highest BCUT2D eigenvalue weighted by Gasteiger charge is 2.41. The lowest BCUT2D eigenvalue weighted by molar-refractivity contribution is -0.136. The molecule has 12 heteroatoms. The van der Waals surface area contributed by atoms with Crippen molar-refractivity contribution in [3.05, 3.63) is 46.3 Å². The number of nitrogens with one attached hydrogen (secondary N) is 4. The molecular formula is C15H16N8O4. The SMILES string of the molecule is [N-]=[N+]=N[C@H]1NC(=O)[C@H]1NC(=O)C(NC(=O)N1CCNC1=O)c1ccccc1. The summed E-state index contributed by atoms with van der Waals surface area (Å²) in [5, 5.41) is 13.2. The Labute approximate surface area is 152 Å². The summed E-state index contributed by atoms with van der Waals surface area (Å²) in [4.78, 5) is 51.9. The smallest absolute Gasteiger partial charge is 0.326 e. The minimum atomic E-state index is -1.15. The quantitative estimate of drug-likeness (QED) is 0.241. The van der Waals surface area contributed by atoms with Crippen molar-refractivity contribution in [1.82, 2.24) is 26.2 Å². The summed E-state index contributed by atoms with van der Waals surface area (Å²) in [5.41, 5.74) is 8.95. The molecule has 27 heavy (non-hydrogen) atoms. The van der Waals surface area contributed by atoms with Crippen molar-refractivity contribution < 1.29 is 19.2 Å². The number of hydrogen-bond donors (Lipinski definition) is 4. The zero-order chi connectivity index (χ0) is 19.4. The number of carbonyl (C=O) groups is 4. The monoisotopic (exact) mass is 372 g/mol. The van der Waals surface area contributed by atoms with Crippen LogP contribution in [0.2, 0.25) is 0 Å². The summed E-state index contributed by atoms with van der Waals surface area (Å²) in [6, 6.07) is 4.89. The average Bonchev–Trinajstić information content (AvgIpc) is 3.10. The number of urea groups is 2. The van der Waals surface area contributed by atoms with E-state index in [1.54, 1.807) is 30.3 Å². The van der Waals surface area contributed by atoms with Gasteiger partial charge in [-0.05, 0) is 11.1 Å². The maximum atomic E-state index is 12.7. The molecule has 6 amide bonds. The molecule has 0 aromatic heterocycles. The third kappa shape index (κ3) is 3.75. The van der Waals surface area contributed by atoms with Crippen molar-refractivity contribution in [2.75, 3.05) is 13.1 Å². The van der Waals surface area contributed by atoms with Crippen LogP contribution in [0.15, 0.2) is 35.4 Å². The molecule has 140 valence electrons. The predicted molar refractivity (Wildman–Crippen MR) is 90.8 cm³/mol. The van der Waals surface area contributed by atoms with E-state index in [0.717, 1.165) is 4.90 Å². The van der Waals surface area contributed by atoms with E-state index in [0.29, 0.717) is 12.1 Å². The first-order valence-electron chi connectivity index (χ1n) is 8.07.